The smallest absolute Gasteiger partial charge is 0.228 e. The van der Waals surface area contributed by atoms with Crippen LogP contribution in [-0.4, -0.2) is 31.3 Å². The second-order valence-electron chi connectivity index (χ2n) is 4.76. The van der Waals surface area contributed by atoms with Crippen LogP contribution in [0, 0.1) is 6.92 Å². The lowest BCUT2D eigenvalue weighted by atomic mass is 10.2. The number of aryl methyl sites for hydroxylation is 1. The third-order valence-corrected chi connectivity index (χ3v) is 4.20. The van der Waals surface area contributed by atoms with E-state index < -0.39 is 0 Å². The van der Waals surface area contributed by atoms with Crippen molar-refractivity contribution in [2.24, 2.45) is 0 Å². The van der Waals surface area contributed by atoms with Gasteiger partial charge in [-0.05, 0) is 31.7 Å². The largest absolute Gasteiger partial charge is 0.319 e. The summed E-state index contributed by atoms with van der Waals surface area (Å²) in [5.41, 5.74) is 2.32. The minimum Gasteiger partial charge on any atom is -0.319 e. The van der Waals surface area contributed by atoms with Crippen molar-refractivity contribution < 1.29 is 4.79 Å². The molecule has 1 unspecified atom stereocenters. The van der Waals surface area contributed by atoms with Crippen molar-refractivity contribution in [2.45, 2.75) is 30.4 Å². The summed E-state index contributed by atoms with van der Waals surface area (Å²) in [6.07, 6.45) is 0.557. The SMILES string of the molecule is CNCCC(=O)N1CC(C)Sc2cc(C)ccc21. The Hall–Kier alpha value is -1.00. The van der Waals surface area contributed by atoms with E-state index in [4.69, 9.17) is 0 Å². The predicted molar refractivity (Wildman–Crippen MR) is 77.4 cm³/mol. The van der Waals surface area contributed by atoms with Crippen molar-refractivity contribution in [1.29, 1.82) is 0 Å². The van der Waals surface area contributed by atoms with E-state index in [2.05, 4.69) is 37.4 Å². The maximum Gasteiger partial charge on any atom is 0.228 e. The van der Waals surface area contributed by atoms with Crippen LogP contribution in [0.15, 0.2) is 23.1 Å². The zero-order valence-corrected chi connectivity index (χ0v) is 12.0. The standard InChI is InChI=1S/C14H20N2OS/c1-10-4-5-12-13(8-10)18-11(2)9-16(12)14(17)6-7-15-3/h4-5,8,11,15H,6-7,9H2,1-3H3. The van der Waals surface area contributed by atoms with Gasteiger partial charge in [0.25, 0.3) is 0 Å². The highest BCUT2D eigenvalue weighted by atomic mass is 32.2. The zero-order valence-electron chi connectivity index (χ0n) is 11.2. The minimum absolute atomic E-state index is 0.210. The van der Waals surface area contributed by atoms with Gasteiger partial charge in [0.1, 0.15) is 0 Å². The molecule has 0 fully saturated rings. The zero-order chi connectivity index (χ0) is 13.1. The van der Waals surface area contributed by atoms with Crippen molar-refractivity contribution in [2.75, 3.05) is 25.0 Å². The van der Waals surface area contributed by atoms with Gasteiger partial charge in [0.15, 0.2) is 0 Å². The topological polar surface area (TPSA) is 32.3 Å². The van der Waals surface area contributed by atoms with E-state index in [0.29, 0.717) is 11.7 Å². The van der Waals surface area contributed by atoms with Crippen LogP contribution in [0.5, 0.6) is 0 Å². The molecule has 1 heterocycles. The second kappa shape index (κ2) is 5.76. The van der Waals surface area contributed by atoms with Gasteiger partial charge in [0.05, 0.1) is 5.69 Å². The summed E-state index contributed by atoms with van der Waals surface area (Å²) in [6.45, 7) is 5.81. The molecule has 1 amide bonds. The fraction of sp³-hybridized carbons (Fsp3) is 0.500. The molecule has 98 valence electrons. The Morgan fingerprint density at radius 3 is 3.06 bits per heavy atom. The number of carbonyl (C=O) groups is 1. The normalized spacial score (nSPS) is 18.6. The van der Waals surface area contributed by atoms with Gasteiger partial charge in [-0.2, -0.15) is 0 Å². The highest BCUT2D eigenvalue weighted by molar-refractivity contribution is 8.00. The van der Waals surface area contributed by atoms with Gasteiger partial charge in [-0.3, -0.25) is 4.79 Å². The summed E-state index contributed by atoms with van der Waals surface area (Å²) in [6, 6.07) is 6.32. The number of fused-ring (bicyclic) bond motifs is 1. The van der Waals surface area contributed by atoms with Crippen molar-refractivity contribution in [1.82, 2.24) is 5.32 Å². The number of hydrogen-bond donors (Lipinski definition) is 1. The summed E-state index contributed by atoms with van der Waals surface area (Å²) < 4.78 is 0. The van der Waals surface area contributed by atoms with Crippen LogP contribution >= 0.6 is 11.8 Å². The highest BCUT2D eigenvalue weighted by Crippen LogP contribution is 2.39. The van der Waals surface area contributed by atoms with Crippen LogP contribution in [0.4, 0.5) is 5.69 Å². The lowest BCUT2D eigenvalue weighted by Crippen LogP contribution is -2.39. The van der Waals surface area contributed by atoms with Crippen LogP contribution in [0.25, 0.3) is 0 Å². The monoisotopic (exact) mass is 264 g/mol. The third-order valence-electron chi connectivity index (χ3n) is 3.06. The lowest BCUT2D eigenvalue weighted by Gasteiger charge is -2.33. The van der Waals surface area contributed by atoms with Gasteiger partial charge in [0, 0.05) is 29.7 Å². The van der Waals surface area contributed by atoms with Gasteiger partial charge in [-0.1, -0.05) is 13.0 Å². The van der Waals surface area contributed by atoms with E-state index in [1.165, 1.54) is 10.5 Å². The Balaban J connectivity index is 2.25. The molecule has 1 N–H and O–H groups in total. The van der Waals surface area contributed by atoms with Crippen LogP contribution in [0.3, 0.4) is 0 Å². The number of rotatable bonds is 3. The molecule has 4 heteroatoms. The van der Waals surface area contributed by atoms with Crippen molar-refractivity contribution in [3.8, 4) is 0 Å². The summed E-state index contributed by atoms with van der Waals surface area (Å²) >= 11 is 1.86. The predicted octanol–water partition coefficient (Wildman–Crippen LogP) is 2.43. The number of anilines is 1. The Labute approximate surface area is 113 Å². The number of thioether (sulfide) groups is 1. The van der Waals surface area contributed by atoms with Crippen molar-refractivity contribution in [3.63, 3.8) is 0 Å². The maximum atomic E-state index is 12.2. The maximum absolute atomic E-state index is 12.2. The van der Waals surface area contributed by atoms with Gasteiger partial charge >= 0.3 is 0 Å². The molecule has 3 nitrogen and oxygen atoms in total. The first-order valence-corrected chi connectivity index (χ1v) is 7.22. The molecule has 0 spiro atoms. The van der Waals surface area contributed by atoms with Crippen LogP contribution in [0.2, 0.25) is 0 Å². The van der Waals surface area contributed by atoms with Gasteiger partial charge in [0.2, 0.25) is 5.91 Å². The summed E-state index contributed by atoms with van der Waals surface area (Å²) in [5, 5.41) is 3.49. The van der Waals surface area contributed by atoms with Gasteiger partial charge in [-0.25, -0.2) is 0 Å². The van der Waals surface area contributed by atoms with E-state index in [-0.39, 0.29) is 5.91 Å². The average molecular weight is 264 g/mol. The summed E-state index contributed by atoms with van der Waals surface area (Å²) in [5.74, 6) is 0.210. The molecule has 0 radical (unpaired) electrons. The molecule has 18 heavy (non-hydrogen) atoms. The Morgan fingerprint density at radius 1 is 1.56 bits per heavy atom. The van der Waals surface area contributed by atoms with Crippen LogP contribution < -0.4 is 10.2 Å². The molecule has 0 saturated heterocycles. The Morgan fingerprint density at radius 2 is 2.33 bits per heavy atom. The fourth-order valence-corrected chi connectivity index (χ4v) is 3.36. The summed E-state index contributed by atoms with van der Waals surface area (Å²) in [4.78, 5) is 15.4. The number of amides is 1. The first-order chi connectivity index (χ1) is 8.61. The van der Waals surface area contributed by atoms with E-state index >= 15 is 0 Å². The molecule has 0 aliphatic carbocycles. The van der Waals surface area contributed by atoms with E-state index in [1.807, 2.05) is 23.7 Å². The number of nitrogens with zero attached hydrogens (tertiary/aromatic N) is 1. The van der Waals surface area contributed by atoms with Crippen LogP contribution in [-0.2, 0) is 4.79 Å². The molecule has 2 rings (SSSR count). The molecular weight excluding hydrogens is 244 g/mol. The molecule has 0 saturated carbocycles. The number of carbonyl (C=O) groups excluding carboxylic acids is 1. The molecule has 1 aromatic rings. The van der Waals surface area contributed by atoms with E-state index in [9.17, 15) is 4.79 Å². The number of benzene rings is 1. The molecule has 1 atom stereocenters. The molecule has 0 aromatic heterocycles. The molecule has 1 aromatic carbocycles. The van der Waals surface area contributed by atoms with Crippen molar-refractivity contribution >= 4 is 23.4 Å². The Kier molecular flexibility index (Phi) is 4.30. The molecular formula is C14H20N2OS. The minimum atomic E-state index is 0.210. The quantitative estimate of drug-likeness (QED) is 0.910. The van der Waals surface area contributed by atoms with E-state index in [0.717, 1.165) is 18.8 Å². The number of nitrogens with one attached hydrogen (secondary N) is 1. The lowest BCUT2D eigenvalue weighted by molar-refractivity contribution is -0.118. The van der Waals surface area contributed by atoms with Gasteiger partial charge < -0.3 is 10.2 Å². The van der Waals surface area contributed by atoms with E-state index in [1.54, 1.807) is 0 Å². The van der Waals surface area contributed by atoms with Gasteiger partial charge in [-0.15, -0.1) is 11.8 Å². The fourth-order valence-electron chi connectivity index (χ4n) is 2.15. The van der Waals surface area contributed by atoms with Crippen molar-refractivity contribution in [3.05, 3.63) is 23.8 Å². The first-order valence-electron chi connectivity index (χ1n) is 6.34. The second-order valence-corrected chi connectivity index (χ2v) is 6.24. The average Bonchev–Trinajstić information content (AvgIpc) is 2.34. The third kappa shape index (κ3) is 2.87. The molecule has 0 bridgehead atoms. The Bertz CT molecular complexity index is 447. The first kappa shape index (κ1) is 13.4. The summed E-state index contributed by atoms with van der Waals surface area (Å²) in [7, 11) is 1.87. The number of hydrogen-bond acceptors (Lipinski definition) is 3. The highest BCUT2D eigenvalue weighted by Gasteiger charge is 2.26. The van der Waals surface area contributed by atoms with Crippen LogP contribution in [0.1, 0.15) is 18.9 Å². The molecule has 1 aliphatic heterocycles. The molecule has 1 aliphatic rings.